The van der Waals surface area contributed by atoms with Gasteiger partial charge in [-0.15, -0.1) is 0 Å². The Hall–Kier alpha value is -1.45. The number of nitrogens with zero attached hydrogens (tertiary/aromatic N) is 2. The van der Waals surface area contributed by atoms with Crippen LogP contribution in [-0.2, 0) is 19.3 Å². The lowest BCUT2D eigenvalue weighted by Gasteiger charge is -2.22. The smallest absolute Gasteiger partial charge is 0.132 e. The van der Waals surface area contributed by atoms with Crippen molar-refractivity contribution in [1.82, 2.24) is 9.97 Å². The van der Waals surface area contributed by atoms with Gasteiger partial charge in [0.25, 0.3) is 0 Å². The molecule has 1 aromatic carbocycles. The van der Waals surface area contributed by atoms with Crippen molar-refractivity contribution < 1.29 is 0 Å². The van der Waals surface area contributed by atoms with Gasteiger partial charge < -0.3 is 5.73 Å². The van der Waals surface area contributed by atoms with Gasteiger partial charge in [0.2, 0.25) is 0 Å². The number of aromatic nitrogens is 2. The van der Waals surface area contributed by atoms with Gasteiger partial charge in [-0.3, -0.25) is 0 Å². The Balaban J connectivity index is 1.77. The maximum atomic E-state index is 5.90. The van der Waals surface area contributed by atoms with E-state index in [0.29, 0.717) is 5.92 Å². The fourth-order valence-corrected chi connectivity index (χ4v) is 2.82. The maximum Gasteiger partial charge on any atom is 0.132 e. The maximum absolute atomic E-state index is 5.90. The van der Waals surface area contributed by atoms with Crippen LogP contribution < -0.4 is 5.73 Å². The monoisotopic (exact) mass is 287 g/mol. The topological polar surface area (TPSA) is 51.8 Å². The summed E-state index contributed by atoms with van der Waals surface area (Å²) in [5, 5.41) is 0.757. The number of fused-ring (bicyclic) bond motifs is 1. The third kappa shape index (κ3) is 3.00. The lowest BCUT2D eigenvalue weighted by Crippen LogP contribution is -2.23. The summed E-state index contributed by atoms with van der Waals surface area (Å²) in [6.07, 6.45) is 5.92. The predicted molar refractivity (Wildman–Crippen MR) is 80.9 cm³/mol. The molecule has 20 heavy (non-hydrogen) atoms. The van der Waals surface area contributed by atoms with Gasteiger partial charge in [-0.2, -0.15) is 0 Å². The van der Waals surface area contributed by atoms with Crippen molar-refractivity contribution >= 4 is 11.6 Å². The Kier molecular flexibility index (Phi) is 3.99. The zero-order valence-electron chi connectivity index (χ0n) is 11.3. The number of hydrogen-bond donors (Lipinski definition) is 1. The van der Waals surface area contributed by atoms with E-state index in [-0.39, 0.29) is 0 Å². The van der Waals surface area contributed by atoms with Crippen molar-refractivity contribution in [2.45, 2.75) is 25.7 Å². The quantitative estimate of drug-likeness (QED) is 0.944. The van der Waals surface area contributed by atoms with Crippen molar-refractivity contribution in [1.29, 1.82) is 0 Å². The van der Waals surface area contributed by atoms with Crippen LogP contribution in [0.3, 0.4) is 0 Å². The van der Waals surface area contributed by atoms with Gasteiger partial charge in [0.15, 0.2) is 0 Å². The summed E-state index contributed by atoms with van der Waals surface area (Å²) in [6.45, 7) is 0.756. The molecule has 0 aliphatic heterocycles. The minimum absolute atomic E-state index is 0.591. The fraction of sp³-hybridized carbons (Fsp3) is 0.375. The van der Waals surface area contributed by atoms with E-state index in [2.05, 4.69) is 4.98 Å². The molecule has 0 saturated carbocycles. The second-order valence-corrected chi connectivity index (χ2v) is 5.84. The third-order valence-corrected chi connectivity index (χ3v) is 4.16. The Morgan fingerprint density at radius 1 is 1.25 bits per heavy atom. The van der Waals surface area contributed by atoms with Crippen LogP contribution in [0.5, 0.6) is 0 Å². The zero-order valence-corrected chi connectivity index (χ0v) is 12.1. The highest BCUT2D eigenvalue weighted by Gasteiger charge is 2.19. The van der Waals surface area contributed by atoms with Crippen LogP contribution in [0.2, 0.25) is 5.02 Å². The average Bonchev–Trinajstić information content (AvgIpc) is 2.49. The van der Waals surface area contributed by atoms with Crippen LogP contribution in [0, 0.1) is 5.92 Å². The van der Waals surface area contributed by atoms with Crippen molar-refractivity contribution in [2.75, 3.05) is 6.54 Å². The highest BCUT2D eigenvalue weighted by atomic mass is 35.5. The van der Waals surface area contributed by atoms with Crippen molar-refractivity contribution in [2.24, 2.45) is 11.7 Å². The number of halogens is 1. The van der Waals surface area contributed by atoms with Gasteiger partial charge in [0, 0.05) is 23.3 Å². The lowest BCUT2D eigenvalue weighted by molar-refractivity contribution is 0.460. The van der Waals surface area contributed by atoms with Gasteiger partial charge in [0.05, 0.1) is 0 Å². The summed E-state index contributed by atoms with van der Waals surface area (Å²) in [7, 11) is 0. The lowest BCUT2D eigenvalue weighted by atomic mass is 9.87. The number of nitrogens with two attached hydrogens (primary N) is 1. The first kappa shape index (κ1) is 13.5. The number of hydrogen-bond acceptors (Lipinski definition) is 3. The largest absolute Gasteiger partial charge is 0.330 e. The fourth-order valence-electron chi connectivity index (χ4n) is 2.70. The summed E-state index contributed by atoms with van der Waals surface area (Å²) in [4.78, 5) is 9.21. The predicted octanol–water partition coefficient (Wildman–Crippen LogP) is 2.78. The molecule has 1 aliphatic carbocycles. The summed E-state index contributed by atoms with van der Waals surface area (Å²) in [5.74, 6) is 1.48. The van der Waals surface area contributed by atoms with Gasteiger partial charge in [-0.05, 0) is 55.0 Å². The summed E-state index contributed by atoms with van der Waals surface area (Å²) in [6, 6.07) is 7.85. The van der Waals surface area contributed by atoms with E-state index < -0.39 is 0 Å². The van der Waals surface area contributed by atoms with Gasteiger partial charge >= 0.3 is 0 Å². The molecule has 2 aromatic rings. The van der Waals surface area contributed by atoms with E-state index in [1.54, 1.807) is 0 Å². The van der Waals surface area contributed by atoms with E-state index in [4.69, 9.17) is 22.3 Å². The number of aryl methyl sites for hydroxylation is 1. The molecule has 0 spiro atoms. The average molecular weight is 288 g/mol. The molecule has 0 saturated heterocycles. The van der Waals surface area contributed by atoms with Crippen LogP contribution in [0.15, 0.2) is 30.5 Å². The van der Waals surface area contributed by atoms with Gasteiger partial charge in [0.1, 0.15) is 5.82 Å². The van der Waals surface area contributed by atoms with Gasteiger partial charge in [-0.1, -0.05) is 23.7 Å². The van der Waals surface area contributed by atoms with Crippen LogP contribution >= 0.6 is 11.6 Å². The molecule has 104 valence electrons. The Morgan fingerprint density at radius 3 is 2.80 bits per heavy atom. The van der Waals surface area contributed by atoms with Crippen LogP contribution in [0.1, 0.15) is 29.1 Å². The zero-order chi connectivity index (χ0) is 13.9. The molecule has 0 fully saturated rings. The Bertz CT molecular complexity index is 595. The van der Waals surface area contributed by atoms with Crippen LogP contribution in [0.25, 0.3) is 0 Å². The van der Waals surface area contributed by atoms with E-state index in [9.17, 15) is 0 Å². The standard InChI is InChI=1S/C16H18ClN3/c17-14-4-1-11(2-5-14)8-16-19-10-13-7-12(9-18)3-6-15(13)20-16/h1-2,4-5,10,12H,3,6-9,18H2. The molecule has 1 atom stereocenters. The van der Waals surface area contributed by atoms with E-state index in [0.717, 1.165) is 43.1 Å². The SMILES string of the molecule is NCC1CCc2nc(Cc3ccc(Cl)cc3)ncc2C1. The van der Waals surface area contributed by atoms with Crippen molar-refractivity contribution in [3.63, 3.8) is 0 Å². The second kappa shape index (κ2) is 5.90. The molecule has 0 bridgehead atoms. The minimum Gasteiger partial charge on any atom is -0.330 e. The molecule has 1 aromatic heterocycles. The molecule has 4 heteroatoms. The third-order valence-electron chi connectivity index (χ3n) is 3.91. The number of rotatable bonds is 3. The normalized spacial score (nSPS) is 17.8. The van der Waals surface area contributed by atoms with Crippen LogP contribution in [0.4, 0.5) is 0 Å². The van der Waals surface area contributed by atoms with Crippen molar-refractivity contribution in [3.05, 3.63) is 58.1 Å². The molecule has 3 rings (SSSR count). The van der Waals surface area contributed by atoms with E-state index in [1.807, 2.05) is 30.5 Å². The summed E-state index contributed by atoms with van der Waals surface area (Å²) in [5.41, 5.74) is 9.41. The van der Waals surface area contributed by atoms with E-state index >= 15 is 0 Å². The minimum atomic E-state index is 0.591. The molecular formula is C16H18ClN3. The van der Waals surface area contributed by atoms with Gasteiger partial charge in [-0.25, -0.2) is 9.97 Å². The Labute approximate surface area is 124 Å². The molecule has 2 N–H and O–H groups in total. The molecule has 0 radical (unpaired) electrons. The van der Waals surface area contributed by atoms with Crippen molar-refractivity contribution in [3.8, 4) is 0 Å². The van der Waals surface area contributed by atoms with E-state index in [1.165, 1.54) is 16.8 Å². The first-order valence-electron chi connectivity index (χ1n) is 7.03. The Morgan fingerprint density at radius 2 is 2.05 bits per heavy atom. The molecule has 0 amide bonds. The summed E-state index contributed by atoms with van der Waals surface area (Å²) < 4.78 is 0. The molecule has 3 nitrogen and oxygen atoms in total. The second-order valence-electron chi connectivity index (χ2n) is 5.41. The highest BCUT2D eigenvalue weighted by Crippen LogP contribution is 2.23. The van der Waals surface area contributed by atoms with Crippen LogP contribution in [-0.4, -0.2) is 16.5 Å². The number of benzene rings is 1. The molecule has 1 heterocycles. The molecular weight excluding hydrogens is 270 g/mol. The first-order valence-corrected chi connectivity index (χ1v) is 7.40. The summed E-state index contributed by atoms with van der Waals surface area (Å²) >= 11 is 5.90. The molecule has 1 unspecified atom stereocenters. The molecule has 1 aliphatic rings. The highest BCUT2D eigenvalue weighted by molar-refractivity contribution is 6.30. The first-order chi connectivity index (χ1) is 9.74.